The van der Waals surface area contributed by atoms with E-state index in [9.17, 15) is 23.7 Å². The smallest absolute Gasteiger partial charge is 0.481 e. The molecule has 0 saturated carbocycles. The highest BCUT2D eigenvalue weighted by atomic mass is 31.2. The van der Waals surface area contributed by atoms with Crippen molar-refractivity contribution in [2.24, 2.45) is 0 Å². The van der Waals surface area contributed by atoms with E-state index in [1.54, 1.807) is 0 Å². The van der Waals surface area contributed by atoms with Gasteiger partial charge in [0.1, 0.15) is 11.8 Å². The van der Waals surface area contributed by atoms with E-state index in [1.165, 1.54) is 36.1 Å². The van der Waals surface area contributed by atoms with Gasteiger partial charge in [0.25, 0.3) is 0 Å². The molecule has 1 atom stereocenters. The topological polar surface area (TPSA) is 183 Å². The van der Waals surface area contributed by atoms with E-state index in [0.29, 0.717) is 18.5 Å². The highest BCUT2D eigenvalue weighted by Gasteiger charge is 2.22. The van der Waals surface area contributed by atoms with Gasteiger partial charge in [-0.15, -0.1) is 0 Å². The number of nitrogens with one attached hydrogen (secondary N) is 2. The molecule has 0 unspecified atom stereocenters. The number of carbonyl (C=O) groups is 4. The number of carboxylic acid groups (broad SMARTS) is 1. The van der Waals surface area contributed by atoms with Gasteiger partial charge in [-0.3, -0.25) is 29.0 Å². The SMILES string of the molecule is CC(=O)N[C@@H](Cc1ccc(OP(=O)(O)O)cc1)C(=O)NCC(=O)N(CCCC(=O)O)CCCc1ccccc1. The Balaban J connectivity index is 1.98. The highest BCUT2D eigenvalue weighted by molar-refractivity contribution is 7.46. The molecule has 0 aromatic heterocycles. The lowest BCUT2D eigenvalue weighted by molar-refractivity contribution is -0.138. The van der Waals surface area contributed by atoms with Crippen molar-refractivity contribution in [1.29, 1.82) is 0 Å². The fourth-order valence-electron chi connectivity index (χ4n) is 3.81. The van der Waals surface area contributed by atoms with Crippen molar-refractivity contribution in [2.45, 2.75) is 45.1 Å². The molecule has 3 amide bonds. The van der Waals surface area contributed by atoms with Gasteiger partial charge in [-0.25, -0.2) is 4.57 Å². The van der Waals surface area contributed by atoms with Crippen molar-refractivity contribution >= 4 is 31.5 Å². The lowest BCUT2D eigenvalue weighted by atomic mass is 10.0. The first kappa shape index (κ1) is 31.5. The molecule has 0 bridgehead atoms. The number of amides is 3. The highest BCUT2D eigenvalue weighted by Crippen LogP contribution is 2.37. The van der Waals surface area contributed by atoms with Crippen LogP contribution in [0.4, 0.5) is 0 Å². The third kappa shape index (κ3) is 13.1. The molecule has 0 radical (unpaired) electrons. The van der Waals surface area contributed by atoms with Crippen molar-refractivity contribution < 1.29 is 43.2 Å². The first-order valence-electron chi connectivity index (χ1n) is 12.4. The summed E-state index contributed by atoms with van der Waals surface area (Å²) in [6, 6.07) is 14.4. The van der Waals surface area contributed by atoms with Gasteiger partial charge in [-0.05, 0) is 42.5 Å². The standard InChI is InChI=1S/C26H34N3O9P/c1-19(30)28-23(17-21-11-13-22(14-12-21)38-39(35,36)37)26(34)27-18-24(31)29(16-6-10-25(32)33)15-5-9-20-7-3-2-4-8-20/h2-4,7-8,11-14,23H,5-6,9-10,15-18H2,1H3,(H,27,34)(H,28,30)(H,32,33)(H2,35,36,37)/t23-/m0/s1. The predicted octanol–water partition coefficient (Wildman–Crippen LogP) is 1.65. The summed E-state index contributed by atoms with van der Waals surface area (Å²) < 4.78 is 15.5. The van der Waals surface area contributed by atoms with Crippen molar-refractivity contribution in [2.75, 3.05) is 19.6 Å². The van der Waals surface area contributed by atoms with Crippen LogP contribution in [0.5, 0.6) is 5.75 Å². The Hall–Kier alpha value is -3.73. The van der Waals surface area contributed by atoms with E-state index in [4.69, 9.17) is 14.9 Å². The van der Waals surface area contributed by atoms with E-state index in [1.807, 2.05) is 30.3 Å². The van der Waals surface area contributed by atoms with Gasteiger partial charge in [0.05, 0.1) is 6.54 Å². The lowest BCUT2D eigenvalue weighted by Gasteiger charge is -2.24. The molecule has 0 heterocycles. The van der Waals surface area contributed by atoms with Gasteiger partial charge in [0.15, 0.2) is 0 Å². The van der Waals surface area contributed by atoms with Gasteiger partial charge in [0.2, 0.25) is 17.7 Å². The van der Waals surface area contributed by atoms with Crippen LogP contribution in [-0.2, 0) is 36.6 Å². The van der Waals surface area contributed by atoms with Gasteiger partial charge < -0.3 is 25.2 Å². The predicted molar refractivity (Wildman–Crippen MR) is 142 cm³/mol. The lowest BCUT2D eigenvalue weighted by Crippen LogP contribution is -2.50. The molecule has 0 fully saturated rings. The minimum Gasteiger partial charge on any atom is -0.481 e. The van der Waals surface area contributed by atoms with E-state index >= 15 is 0 Å². The molecule has 5 N–H and O–H groups in total. The normalized spacial score (nSPS) is 11.8. The Labute approximate surface area is 226 Å². The third-order valence-electron chi connectivity index (χ3n) is 5.60. The van der Waals surface area contributed by atoms with Crippen LogP contribution >= 0.6 is 7.82 Å². The van der Waals surface area contributed by atoms with Gasteiger partial charge >= 0.3 is 13.8 Å². The Morgan fingerprint density at radius 3 is 2.18 bits per heavy atom. The summed E-state index contributed by atoms with van der Waals surface area (Å²) in [5, 5.41) is 14.0. The number of benzene rings is 2. The molecule has 13 heteroatoms. The summed E-state index contributed by atoms with van der Waals surface area (Å²) >= 11 is 0. The minimum atomic E-state index is -4.71. The van der Waals surface area contributed by atoms with Crippen LogP contribution in [0.3, 0.4) is 0 Å². The second-order valence-electron chi connectivity index (χ2n) is 8.87. The number of rotatable bonds is 16. The van der Waals surface area contributed by atoms with Crippen molar-refractivity contribution in [1.82, 2.24) is 15.5 Å². The van der Waals surface area contributed by atoms with Gasteiger partial charge in [-0.1, -0.05) is 42.5 Å². The average molecular weight is 564 g/mol. The number of aliphatic carboxylic acids is 1. The zero-order valence-corrected chi connectivity index (χ0v) is 22.5. The number of carbonyl (C=O) groups excluding carboxylic acids is 3. The van der Waals surface area contributed by atoms with E-state index < -0.39 is 31.6 Å². The molecule has 0 saturated heterocycles. The summed E-state index contributed by atoms with van der Waals surface area (Å²) in [6.45, 7) is 1.54. The molecule has 39 heavy (non-hydrogen) atoms. The van der Waals surface area contributed by atoms with Crippen LogP contribution in [0, 0.1) is 0 Å². The minimum absolute atomic E-state index is 0.0508. The molecule has 12 nitrogen and oxygen atoms in total. The van der Waals surface area contributed by atoms with E-state index in [0.717, 1.165) is 12.0 Å². The Morgan fingerprint density at radius 1 is 0.949 bits per heavy atom. The summed E-state index contributed by atoms with van der Waals surface area (Å²) in [5.74, 6) is -2.45. The number of carboxylic acids is 1. The van der Waals surface area contributed by atoms with Crippen LogP contribution in [0.2, 0.25) is 0 Å². The molecule has 212 valence electrons. The average Bonchev–Trinajstić information content (AvgIpc) is 2.86. The molecule has 2 aromatic rings. The summed E-state index contributed by atoms with van der Waals surface area (Å²) in [7, 11) is -4.71. The van der Waals surface area contributed by atoms with Crippen LogP contribution in [0.25, 0.3) is 0 Å². The molecule has 2 rings (SSSR count). The quantitative estimate of drug-likeness (QED) is 0.190. The number of aryl methyl sites for hydroxylation is 1. The third-order valence-corrected chi connectivity index (χ3v) is 6.05. The Kier molecular flexibility index (Phi) is 12.6. The number of hydrogen-bond donors (Lipinski definition) is 5. The number of phosphoric acid groups is 1. The van der Waals surface area contributed by atoms with Crippen LogP contribution in [0.1, 0.15) is 37.3 Å². The molecule has 0 aliphatic rings. The number of phosphoric ester groups is 1. The van der Waals surface area contributed by atoms with Crippen LogP contribution in [0.15, 0.2) is 54.6 Å². The van der Waals surface area contributed by atoms with E-state index in [2.05, 4.69) is 15.2 Å². The molecular weight excluding hydrogens is 529 g/mol. The number of nitrogens with zero attached hydrogens (tertiary/aromatic N) is 1. The zero-order chi connectivity index (χ0) is 28.8. The van der Waals surface area contributed by atoms with Gasteiger partial charge in [-0.2, -0.15) is 0 Å². The molecule has 0 spiro atoms. The van der Waals surface area contributed by atoms with Crippen molar-refractivity contribution in [3.8, 4) is 5.75 Å². The summed E-state index contributed by atoms with van der Waals surface area (Å²) in [5.41, 5.74) is 1.69. The molecule has 0 aliphatic heterocycles. The molecular formula is C26H34N3O9P. The Morgan fingerprint density at radius 2 is 1.59 bits per heavy atom. The van der Waals surface area contributed by atoms with Crippen molar-refractivity contribution in [3.63, 3.8) is 0 Å². The maximum Gasteiger partial charge on any atom is 0.524 e. The zero-order valence-electron chi connectivity index (χ0n) is 21.6. The fourth-order valence-corrected chi connectivity index (χ4v) is 4.21. The maximum atomic E-state index is 12.9. The molecule has 0 aliphatic carbocycles. The number of hydrogen-bond acceptors (Lipinski definition) is 6. The fraction of sp³-hybridized carbons (Fsp3) is 0.385. The maximum absolute atomic E-state index is 12.9. The van der Waals surface area contributed by atoms with Crippen LogP contribution in [-0.4, -0.2) is 69.2 Å². The second kappa shape index (κ2) is 15.6. The largest absolute Gasteiger partial charge is 0.524 e. The Bertz CT molecular complexity index is 1150. The monoisotopic (exact) mass is 563 g/mol. The first-order chi connectivity index (χ1) is 18.4. The second-order valence-corrected chi connectivity index (χ2v) is 10.0. The summed E-state index contributed by atoms with van der Waals surface area (Å²) in [4.78, 5) is 67.7. The molecule has 2 aromatic carbocycles. The summed E-state index contributed by atoms with van der Waals surface area (Å²) in [6.07, 6.45) is 1.63. The van der Waals surface area contributed by atoms with Crippen molar-refractivity contribution in [3.05, 3.63) is 65.7 Å². The first-order valence-corrected chi connectivity index (χ1v) is 13.9. The van der Waals surface area contributed by atoms with Crippen LogP contribution < -0.4 is 15.2 Å². The van der Waals surface area contributed by atoms with Gasteiger partial charge in [0, 0.05) is 32.9 Å². The van der Waals surface area contributed by atoms with E-state index in [-0.39, 0.29) is 44.0 Å².